The number of hydrogen-bond donors (Lipinski definition) is 2. The first-order chi connectivity index (χ1) is 11.7. The molecule has 1 aromatic rings. The Hall–Kier alpha value is -1.56. The van der Waals surface area contributed by atoms with Gasteiger partial charge in [-0.05, 0) is 46.0 Å². The molecule has 1 aliphatic heterocycles. The second kappa shape index (κ2) is 8.21. The normalized spacial score (nSPS) is 22.9. The highest BCUT2D eigenvalue weighted by molar-refractivity contribution is 5.79. The molecule has 1 saturated heterocycles. The standard InChI is InChI=1S/C19H35N5O/c1-13-8-14(2)11-24(10-13)19(5,6)12-22-18(20-7)21-9-17-15(3)23-25-16(17)4/h13-14H,8-12H2,1-7H3,(H2,20,21,22). The molecule has 0 aliphatic carbocycles. The van der Waals surface area contributed by atoms with Gasteiger partial charge in [0.05, 0.1) is 5.69 Å². The summed E-state index contributed by atoms with van der Waals surface area (Å²) in [5.41, 5.74) is 2.11. The van der Waals surface area contributed by atoms with E-state index in [1.54, 1.807) is 7.05 Å². The zero-order valence-electron chi connectivity index (χ0n) is 16.9. The van der Waals surface area contributed by atoms with Crippen LogP contribution in [-0.2, 0) is 6.54 Å². The van der Waals surface area contributed by atoms with Crippen molar-refractivity contribution in [1.82, 2.24) is 20.7 Å². The fourth-order valence-corrected chi connectivity index (χ4v) is 3.72. The molecule has 1 fully saturated rings. The number of likely N-dealkylation sites (tertiary alicyclic amines) is 1. The fourth-order valence-electron chi connectivity index (χ4n) is 3.72. The Balaban J connectivity index is 1.89. The molecule has 2 heterocycles. The number of nitrogens with zero attached hydrogens (tertiary/aromatic N) is 3. The molecule has 0 amide bonds. The van der Waals surface area contributed by atoms with E-state index >= 15 is 0 Å². The summed E-state index contributed by atoms with van der Waals surface area (Å²) in [7, 11) is 1.81. The summed E-state index contributed by atoms with van der Waals surface area (Å²) in [5.74, 6) is 3.20. The molecule has 2 rings (SSSR count). The van der Waals surface area contributed by atoms with Crippen molar-refractivity contribution in [1.29, 1.82) is 0 Å². The van der Waals surface area contributed by atoms with Crippen LogP contribution in [0.5, 0.6) is 0 Å². The molecule has 142 valence electrons. The average Bonchev–Trinajstić information content (AvgIpc) is 2.85. The quantitative estimate of drug-likeness (QED) is 0.632. The van der Waals surface area contributed by atoms with Crippen LogP contribution in [-0.4, -0.2) is 48.2 Å². The van der Waals surface area contributed by atoms with Crippen molar-refractivity contribution < 1.29 is 4.52 Å². The summed E-state index contributed by atoms with van der Waals surface area (Å²) >= 11 is 0. The number of rotatable bonds is 5. The molecule has 0 bridgehead atoms. The summed E-state index contributed by atoms with van der Waals surface area (Å²) in [5, 5.41) is 10.8. The first kappa shape index (κ1) is 19.8. The molecular weight excluding hydrogens is 314 g/mol. The number of aryl methyl sites for hydroxylation is 2. The van der Waals surface area contributed by atoms with E-state index in [9.17, 15) is 0 Å². The Kier molecular flexibility index (Phi) is 6.49. The lowest BCUT2D eigenvalue weighted by atomic mass is 9.88. The fraction of sp³-hybridized carbons (Fsp3) is 0.789. The molecule has 6 nitrogen and oxygen atoms in total. The minimum absolute atomic E-state index is 0.0869. The molecule has 0 saturated carbocycles. The predicted molar refractivity (Wildman–Crippen MR) is 103 cm³/mol. The molecule has 0 spiro atoms. The molecule has 2 unspecified atom stereocenters. The Bertz CT molecular complexity index is 563. The van der Waals surface area contributed by atoms with Crippen molar-refractivity contribution in [2.45, 2.75) is 60.0 Å². The van der Waals surface area contributed by atoms with Gasteiger partial charge in [-0.25, -0.2) is 0 Å². The third kappa shape index (κ3) is 5.21. The Morgan fingerprint density at radius 3 is 2.40 bits per heavy atom. The average molecular weight is 350 g/mol. The monoisotopic (exact) mass is 349 g/mol. The van der Waals surface area contributed by atoms with Crippen LogP contribution in [0.3, 0.4) is 0 Å². The maximum atomic E-state index is 5.22. The molecule has 6 heteroatoms. The van der Waals surface area contributed by atoms with Crippen molar-refractivity contribution in [3.8, 4) is 0 Å². The van der Waals surface area contributed by atoms with Gasteiger partial charge in [0.25, 0.3) is 0 Å². The van der Waals surface area contributed by atoms with E-state index < -0.39 is 0 Å². The second-order valence-electron chi connectivity index (χ2n) is 8.25. The van der Waals surface area contributed by atoms with E-state index in [0.717, 1.165) is 41.4 Å². The van der Waals surface area contributed by atoms with Gasteiger partial charge in [0, 0.05) is 44.3 Å². The molecule has 1 aliphatic rings. The Labute approximate surface area is 152 Å². The third-order valence-electron chi connectivity index (χ3n) is 5.25. The molecule has 2 atom stereocenters. The van der Waals surface area contributed by atoms with Crippen LogP contribution >= 0.6 is 0 Å². The maximum Gasteiger partial charge on any atom is 0.191 e. The van der Waals surface area contributed by atoms with Gasteiger partial charge < -0.3 is 15.2 Å². The van der Waals surface area contributed by atoms with Gasteiger partial charge >= 0.3 is 0 Å². The third-order valence-corrected chi connectivity index (χ3v) is 5.25. The lowest BCUT2D eigenvalue weighted by Crippen LogP contribution is -2.57. The van der Waals surface area contributed by atoms with Crippen LogP contribution in [0, 0.1) is 25.7 Å². The van der Waals surface area contributed by atoms with Gasteiger partial charge in [-0.2, -0.15) is 0 Å². The van der Waals surface area contributed by atoms with Gasteiger partial charge in [0.2, 0.25) is 0 Å². The van der Waals surface area contributed by atoms with Crippen LogP contribution < -0.4 is 10.6 Å². The largest absolute Gasteiger partial charge is 0.361 e. The van der Waals surface area contributed by atoms with Crippen molar-refractivity contribution in [3.63, 3.8) is 0 Å². The summed E-state index contributed by atoms with van der Waals surface area (Å²) in [6.07, 6.45) is 1.33. The topological polar surface area (TPSA) is 65.7 Å². The zero-order chi connectivity index (χ0) is 18.6. The number of hydrogen-bond acceptors (Lipinski definition) is 4. The number of nitrogens with one attached hydrogen (secondary N) is 2. The van der Waals surface area contributed by atoms with E-state index in [1.165, 1.54) is 19.5 Å². The zero-order valence-corrected chi connectivity index (χ0v) is 16.9. The van der Waals surface area contributed by atoms with Gasteiger partial charge in [-0.15, -0.1) is 0 Å². The van der Waals surface area contributed by atoms with Gasteiger partial charge in [0.1, 0.15) is 5.76 Å². The lowest BCUT2D eigenvalue weighted by molar-refractivity contribution is 0.0483. The molecule has 0 aromatic carbocycles. The highest BCUT2D eigenvalue weighted by atomic mass is 16.5. The van der Waals surface area contributed by atoms with E-state index in [1.807, 2.05) is 13.8 Å². The molecular formula is C19H35N5O. The Morgan fingerprint density at radius 2 is 1.88 bits per heavy atom. The Morgan fingerprint density at radius 1 is 1.24 bits per heavy atom. The minimum Gasteiger partial charge on any atom is -0.361 e. The van der Waals surface area contributed by atoms with Crippen molar-refractivity contribution in [2.24, 2.45) is 16.8 Å². The van der Waals surface area contributed by atoms with Gasteiger partial charge in [-0.1, -0.05) is 19.0 Å². The lowest BCUT2D eigenvalue weighted by Gasteiger charge is -2.45. The van der Waals surface area contributed by atoms with Crippen LogP contribution in [0.1, 0.15) is 51.1 Å². The van der Waals surface area contributed by atoms with Crippen molar-refractivity contribution in [2.75, 3.05) is 26.7 Å². The van der Waals surface area contributed by atoms with Crippen LogP contribution in [0.25, 0.3) is 0 Å². The SMILES string of the molecule is CN=C(NCc1c(C)noc1C)NCC(C)(C)N1CC(C)CC(C)C1. The van der Waals surface area contributed by atoms with Crippen molar-refractivity contribution in [3.05, 3.63) is 17.0 Å². The van der Waals surface area contributed by atoms with E-state index in [-0.39, 0.29) is 5.54 Å². The number of aromatic nitrogens is 1. The summed E-state index contributed by atoms with van der Waals surface area (Å²) in [6, 6.07) is 0. The molecule has 0 radical (unpaired) electrons. The summed E-state index contributed by atoms with van der Waals surface area (Å²) in [6.45, 7) is 17.1. The van der Waals surface area contributed by atoms with E-state index in [0.29, 0.717) is 6.54 Å². The minimum atomic E-state index is 0.0869. The first-order valence-electron chi connectivity index (χ1n) is 9.34. The maximum absolute atomic E-state index is 5.22. The van der Waals surface area contributed by atoms with E-state index in [4.69, 9.17) is 4.52 Å². The number of guanidine groups is 1. The summed E-state index contributed by atoms with van der Waals surface area (Å²) in [4.78, 5) is 6.96. The smallest absolute Gasteiger partial charge is 0.191 e. The summed E-state index contributed by atoms with van der Waals surface area (Å²) < 4.78 is 5.22. The molecule has 25 heavy (non-hydrogen) atoms. The van der Waals surface area contributed by atoms with Gasteiger partial charge in [0.15, 0.2) is 5.96 Å². The van der Waals surface area contributed by atoms with Gasteiger partial charge in [-0.3, -0.25) is 9.89 Å². The molecule has 1 aromatic heterocycles. The number of aliphatic imine (C=N–C) groups is 1. The molecule has 2 N–H and O–H groups in total. The second-order valence-corrected chi connectivity index (χ2v) is 8.25. The number of piperidine rings is 1. The van der Waals surface area contributed by atoms with Crippen LogP contribution in [0.4, 0.5) is 0 Å². The first-order valence-corrected chi connectivity index (χ1v) is 9.34. The van der Waals surface area contributed by atoms with Crippen molar-refractivity contribution >= 4 is 5.96 Å². The van der Waals surface area contributed by atoms with Crippen LogP contribution in [0.2, 0.25) is 0 Å². The predicted octanol–water partition coefficient (Wildman–Crippen LogP) is 2.71. The highest BCUT2D eigenvalue weighted by Crippen LogP contribution is 2.26. The highest BCUT2D eigenvalue weighted by Gasteiger charge is 2.32. The van der Waals surface area contributed by atoms with E-state index in [2.05, 4.69) is 53.4 Å². The van der Waals surface area contributed by atoms with Crippen LogP contribution in [0.15, 0.2) is 9.52 Å².